The maximum absolute atomic E-state index is 11.6. The highest BCUT2D eigenvalue weighted by atomic mass is 79.9. The zero-order valence-electron chi connectivity index (χ0n) is 16.2. The molecule has 160 valence electrons. The Hall–Kier alpha value is -1.72. The van der Waals surface area contributed by atoms with E-state index in [9.17, 15) is 19.2 Å². The molecule has 0 aliphatic carbocycles. The van der Waals surface area contributed by atoms with Gasteiger partial charge in [0.15, 0.2) is 24.6 Å². The Bertz CT molecular complexity index is 566. The van der Waals surface area contributed by atoms with Gasteiger partial charge in [-0.2, -0.15) is 0 Å². The molecule has 1 aliphatic heterocycles. The molecule has 11 heteroatoms. The summed E-state index contributed by atoms with van der Waals surface area (Å²) in [6, 6.07) is 0. The maximum Gasteiger partial charge on any atom is 0.303 e. The maximum atomic E-state index is 11.6. The first kappa shape index (κ1) is 24.3. The van der Waals surface area contributed by atoms with E-state index in [1.165, 1.54) is 13.8 Å². The highest BCUT2D eigenvalue weighted by Crippen LogP contribution is 2.30. The highest BCUT2D eigenvalue weighted by molar-refractivity contribution is 9.09. The van der Waals surface area contributed by atoms with Gasteiger partial charge in [0.25, 0.3) is 0 Å². The first-order valence-corrected chi connectivity index (χ1v) is 9.75. The van der Waals surface area contributed by atoms with Gasteiger partial charge < -0.3 is 28.4 Å². The van der Waals surface area contributed by atoms with Crippen molar-refractivity contribution in [2.24, 2.45) is 0 Å². The number of halogens is 1. The molecule has 28 heavy (non-hydrogen) atoms. The van der Waals surface area contributed by atoms with Crippen LogP contribution in [0.5, 0.6) is 0 Å². The second kappa shape index (κ2) is 12.0. The predicted molar refractivity (Wildman–Crippen MR) is 96.3 cm³/mol. The topological polar surface area (TPSA) is 124 Å². The van der Waals surface area contributed by atoms with Crippen LogP contribution in [0.4, 0.5) is 0 Å². The van der Waals surface area contributed by atoms with Gasteiger partial charge >= 0.3 is 23.9 Å². The largest absolute Gasteiger partial charge is 0.463 e. The van der Waals surface area contributed by atoms with E-state index in [1.54, 1.807) is 0 Å². The average molecular weight is 469 g/mol. The molecule has 5 atom stereocenters. The third-order valence-corrected chi connectivity index (χ3v) is 4.07. The van der Waals surface area contributed by atoms with Crippen LogP contribution in [0.15, 0.2) is 0 Å². The van der Waals surface area contributed by atoms with Crippen molar-refractivity contribution in [2.45, 2.75) is 64.8 Å². The first-order valence-electron chi connectivity index (χ1n) is 8.63. The van der Waals surface area contributed by atoms with Crippen LogP contribution in [0, 0.1) is 0 Å². The minimum Gasteiger partial charge on any atom is -0.463 e. The Balaban J connectivity index is 3.21. The zero-order valence-corrected chi connectivity index (χ0v) is 17.8. The van der Waals surface area contributed by atoms with E-state index in [0.717, 1.165) is 13.8 Å². The fourth-order valence-corrected chi connectivity index (χ4v) is 2.81. The molecule has 0 N–H and O–H groups in total. The lowest BCUT2D eigenvalue weighted by molar-refractivity contribution is -0.308. The van der Waals surface area contributed by atoms with Gasteiger partial charge in [-0.1, -0.05) is 15.9 Å². The molecule has 10 nitrogen and oxygen atoms in total. The van der Waals surface area contributed by atoms with Crippen molar-refractivity contribution in [3.05, 3.63) is 0 Å². The number of ether oxygens (including phenoxy) is 6. The van der Waals surface area contributed by atoms with Gasteiger partial charge in [0.2, 0.25) is 0 Å². The van der Waals surface area contributed by atoms with Gasteiger partial charge in [-0.05, 0) is 6.42 Å². The van der Waals surface area contributed by atoms with E-state index in [0.29, 0.717) is 11.8 Å². The lowest BCUT2D eigenvalue weighted by Gasteiger charge is -2.44. The number of hydrogen-bond acceptors (Lipinski definition) is 10. The van der Waals surface area contributed by atoms with Gasteiger partial charge in [0.05, 0.1) is 6.61 Å². The average Bonchev–Trinajstić information content (AvgIpc) is 2.57. The summed E-state index contributed by atoms with van der Waals surface area (Å²) in [7, 11) is 0. The Morgan fingerprint density at radius 1 is 0.821 bits per heavy atom. The molecular weight excluding hydrogens is 444 g/mol. The minimum absolute atomic E-state index is 0.249. The van der Waals surface area contributed by atoms with Crippen molar-refractivity contribution in [3.63, 3.8) is 0 Å². The third kappa shape index (κ3) is 8.11. The molecular formula is C17H25BrO10. The molecule has 0 aromatic carbocycles. The summed E-state index contributed by atoms with van der Waals surface area (Å²) in [6.45, 7) is 4.67. The highest BCUT2D eigenvalue weighted by Gasteiger charge is 2.52. The smallest absolute Gasteiger partial charge is 0.303 e. The molecule has 0 saturated carbocycles. The molecule has 0 aromatic rings. The predicted octanol–water partition coefficient (Wildman–Crippen LogP) is 0.871. The second-order valence-electron chi connectivity index (χ2n) is 5.98. The van der Waals surface area contributed by atoms with E-state index < -0.39 is 54.6 Å². The number of carbonyl (C=O) groups excluding carboxylic acids is 4. The molecule has 1 unspecified atom stereocenters. The molecule has 1 rings (SSSR count). The van der Waals surface area contributed by atoms with Crippen molar-refractivity contribution < 1.29 is 47.6 Å². The van der Waals surface area contributed by atoms with Crippen molar-refractivity contribution in [1.29, 1.82) is 0 Å². The molecule has 1 aliphatic rings. The van der Waals surface area contributed by atoms with Crippen LogP contribution in [0.3, 0.4) is 0 Å². The normalized spacial score (nSPS) is 26.8. The fourth-order valence-electron chi connectivity index (χ4n) is 2.58. The number of esters is 4. The number of carbonyl (C=O) groups is 4. The molecule has 1 heterocycles. The SMILES string of the molecule is CC(=O)OC[C@H]1OC(OCCCBr)[C@H](OC(C)=O)[C@@H](OC(C)=O)[C@@H]1OC(C)=O. The van der Waals surface area contributed by atoms with E-state index in [-0.39, 0.29) is 13.2 Å². The Morgan fingerprint density at radius 2 is 1.36 bits per heavy atom. The molecule has 0 bridgehead atoms. The monoisotopic (exact) mass is 468 g/mol. The van der Waals surface area contributed by atoms with Gasteiger partial charge in [0.1, 0.15) is 12.7 Å². The summed E-state index contributed by atoms with van der Waals surface area (Å²) in [4.78, 5) is 46.0. The lowest BCUT2D eigenvalue weighted by atomic mass is 9.98. The van der Waals surface area contributed by atoms with Gasteiger partial charge in [-0.3, -0.25) is 19.2 Å². The van der Waals surface area contributed by atoms with Crippen LogP contribution in [0.1, 0.15) is 34.1 Å². The van der Waals surface area contributed by atoms with Crippen LogP contribution in [-0.2, 0) is 47.6 Å². The van der Waals surface area contributed by atoms with E-state index in [1.807, 2.05) is 0 Å². The van der Waals surface area contributed by atoms with Gasteiger partial charge in [0, 0.05) is 33.0 Å². The quantitative estimate of drug-likeness (QED) is 0.208. The lowest BCUT2D eigenvalue weighted by Crippen LogP contribution is -2.63. The summed E-state index contributed by atoms with van der Waals surface area (Å²) in [6.07, 6.45) is -5.07. The Kier molecular flexibility index (Phi) is 10.4. The molecule has 1 saturated heterocycles. The van der Waals surface area contributed by atoms with Gasteiger partial charge in [-0.15, -0.1) is 0 Å². The van der Waals surface area contributed by atoms with Crippen LogP contribution in [0.2, 0.25) is 0 Å². The summed E-state index contributed by atoms with van der Waals surface area (Å²) < 4.78 is 32.2. The fraction of sp³-hybridized carbons (Fsp3) is 0.765. The van der Waals surface area contributed by atoms with E-state index in [4.69, 9.17) is 28.4 Å². The van der Waals surface area contributed by atoms with Crippen molar-refractivity contribution in [1.82, 2.24) is 0 Å². The molecule has 0 aromatic heterocycles. The summed E-state index contributed by atoms with van der Waals surface area (Å²) in [5.41, 5.74) is 0. The first-order chi connectivity index (χ1) is 13.1. The van der Waals surface area contributed by atoms with Crippen LogP contribution >= 0.6 is 15.9 Å². The standard InChI is InChI=1S/C17H25BrO10/c1-9(19)24-8-13-14(25-10(2)20)15(26-11(3)21)16(27-12(4)22)17(28-13)23-7-5-6-18/h13-17H,5-8H2,1-4H3/t13-,14-,15+,16-,17?/m1/s1. The Labute approximate surface area is 171 Å². The molecule has 0 amide bonds. The zero-order chi connectivity index (χ0) is 21.3. The molecule has 0 spiro atoms. The number of hydrogen-bond donors (Lipinski definition) is 0. The molecule has 1 fully saturated rings. The second-order valence-corrected chi connectivity index (χ2v) is 6.77. The number of alkyl halides is 1. The van der Waals surface area contributed by atoms with Crippen LogP contribution in [0.25, 0.3) is 0 Å². The van der Waals surface area contributed by atoms with Crippen molar-refractivity contribution in [2.75, 3.05) is 18.5 Å². The Morgan fingerprint density at radius 3 is 1.86 bits per heavy atom. The van der Waals surface area contributed by atoms with Gasteiger partial charge in [-0.25, -0.2) is 0 Å². The van der Waals surface area contributed by atoms with E-state index in [2.05, 4.69) is 15.9 Å². The van der Waals surface area contributed by atoms with Crippen molar-refractivity contribution >= 4 is 39.8 Å². The van der Waals surface area contributed by atoms with Crippen molar-refractivity contribution in [3.8, 4) is 0 Å². The minimum atomic E-state index is -1.21. The molecule has 0 radical (unpaired) electrons. The summed E-state index contributed by atoms with van der Waals surface area (Å²) in [5.74, 6) is -2.61. The third-order valence-electron chi connectivity index (χ3n) is 3.51. The summed E-state index contributed by atoms with van der Waals surface area (Å²) in [5, 5.41) is 0.665. The van der Waals surface area contributed by atoms with Crippen LogP contribution < -0.4 is 0 Å². The van der Waals surface area contributed by atoms with E-state index >= 15 is 0 Å². The van der Waals surface area contributed by atoms with Crippen LogP contribution in [-0.4, -0.2) is 73.1 Å². The summed E-state index contributed by atoms with van der Waals surface area (Å²) >= 11 is 3.27. The number of rotatable bonds is 9.